The molecule has 0 heterocycles. The molecule has 0 aliphatic heterocycles. The van der Waals surface area contributed by atoms with Crippen LogP contribution in [0.25, 0.3) is 0 Å². The van der Waals surface area contributed by atoms with Crippen LogP contribution < -0.4 is 0 Å². The number of aliphatic imine (C=N–C) groups is 1. The normalized spacial score (nSPS) is 10.2. The maximum Gasteiger partial charge on any atom is 0.120 e. The van der Waals surface area contributed by atoms with Crippen molar-refractivity contribution in [3.63, 3.8) is 0 Å². The Morgan fingerprint density at radius 1 is 1.24 bits per heavy atom. The van der Waals surface area contributed by atoms with Crippen LogP contribution in [-0.4, -0.2) is 16.4 Å². The van der Waals surface area contributed by atoms with Crippen LogP contribution >= 0.6 is 0 Å². The first-order chi connectivity index (χ1) is 7.99. The summed E-state index contributed by atoms with van der Waals surface area (Å²) < 4.78 is 0. The molecule has 0 aromatic rings. The van der Waals surface area contributed by atoms with E-state index in [1.165, 1.54) is 0 Å². The molecular weight excluding hydrogens is 210 g/mol. The molecule has 0 aliphatic carbocycles. The molecule has 98 valence electrons. The molecular formula is C15H27NO. The number of rotatable bonds is 2. The summed E-state index contributed by atoms with van der Waals surface area (Å²) in [6.07, 6.45) is 4.99. The fourth-order valence-electron chi connectivity index (χ4n) is 0.508. The minimum atomic E-state index is -0.986. The zero-order chi connectivity index (χ0) is 14.3. The van der Waals surface area contributed by atoms with Crippen LogP contribution in [0.3, 0.4) is 0 Å². The molecule has 0 spiro atoms. The van der Waals surface area contributed by atoms with Gasteiger partial charge in [0.1, 0.15) is 11.3 Å². The molecule has 17 heavy (non-hydrogen) atoms. The van der Waals surface area contributed by atoms with Gasteiger partial charge in [-0.1, -0.05) is 46.3 Å². The number of aliphatic hydroxyl groups is 1. The van der Waals surface area contributed by atoms with Crippen molar-refractivity contribution in [2.75, 3.05) is 0 Å². The fraction of sp³-hybridized carbons (Fsp3) is 0.533. The van der Waals surface area contributed by atoms with E-state index < -0.39 is 5.60 Å². The highest BCUT2D eigenvalue weighted by Crippen LogP contribution is 1.96. The second kappa shape index (κ2) is 14.7. The lowest BCUT2D eigenvalue weighted by molar-refractivity contribution is 0.143. The van der Waals surface area contributed by atoms with Crippen molar-refractivity contribution in [2.45, 2.75) is 54.1 Å². The Balaban J connectivity index is -0.000000439. The van der Waals surface area contributed by atoms with Gasteiger partial charge in [0.15, 0.2) is 0 Å². The first-order valence-electron chi connectivity index (χ1n) is 6.06. The van der Waals surface area contributed by atoms with Crippen LogP contribution in [0.5, 0.6) is 0 Å². The predicted molar refractivity (Wildman–Crippen MR) is 79.2 cm³/mol. The minimum absolute atomic E-state index is 0.556. The average molecular weight is 237 g/mol. The van der Waals surface area contributed by atoms with Crippen LogP contribution in [0.15, 0.2) is 29.9 Å². The summed E-state index contributed by atoms with van der Waals surface area (Å²) in [5, 5.41) is 9.31. The molecule has 0 radical (unpaired) electrons. The van der Waals surface area contributed by atoms with E-state index in [2.05, 4.69) is 23.4 Å². The monoisotopic (exact) mass is 237 g/mol. The standard InChI is InChI=1S/C11H15NO.2C2H6/c1-5-9-12-10(6-2)7-8-11(3,4)13;2*1-2/h5-6,9,13H,2H2,1,3-4H3;2*1-2H3/b9-5-,12-10?;;. The third kappa shape index (κ3) is 20.7. The second-order valence-corrected chi connectivity index (χ2v) is 3.01. The SMILES string of the molecule is C=CC(C#CC(C)(C)O)=N/C=C\C.CC.CC. The minimum Gasteiger partial charge on any atom is -0.378 e. The maximum absolute atomic E-state index is 9.31. The van der Waals surface area contributed by atoms with Crippen molar-refractivity contribution in [3.05, 3.63) is 24.9 Å². The summed E-state index contributed by atoms with van der Waals surface area (Å²) in [5.41, 5.74) is -0.431. The van der Waals surface area contributed by atoms with E-state index in [-0.39, 0.29) is 0 Å². The van der Waals surface area contributed by atoms with Gasteiger partial charge in [0.25, 0.3) is 0 Å². The smallest absolute Gasteiger partial charge is 0.120 e. The Kier molecular flexibility index (Phi) is 18.1. The van der Waals surface area contributed by atoms with Crippen molar-refractivity contribution >= 4 is 5.71 Å². The summed E-state index contributed by atoms with van der Waals surface area (Å²) in [6.45, 7) is 16.7. The third-order valence-electron chi connectivity index (χ3n) is 1.05. The van der Waals surface area contributed by atoms with Gasteiger partial charge in [-0.3, -0.25) is 0 Å². The van der Waals surface area contributed by atoms with Gasteiger partial charge in [-0.25, -0.2) is 4.99 Å². The molecule has 1 N–H and O–H groups in total. The lowest BCUT2D eigenvalue weighted by Gasteiger charge is -2.05. The van der Waals surface area contributed by atoms with E-state index in [1.807, 2.05) is 34.6 Å². The lowest BCUT2D eigenvalue weighted by Crippen LogP contribution is -2.15. The topological polar surface area (TPSA) is 32.6 Å². The quantitative estimate of drug-likeness (QED) is 0.572. The van der Waals surface area contributed by atoms with Crippen molar-refractivity contribution in [3.8, 4) is 11.8 Å². The highest BCUT2D eigenvalue weighted by molar-refractivity contribution is 6.08. The molecule has 0 aromatic carbocycles. The fourth-order valence-corrected chi connectivity index (χ4v) is 0.508. The molecule has 2 heteroatoms. The van der Waals surface area contributed by atoms with E-state index in [1.54, 1.807) is 32.2 Å². The molecule has 0 amide bonds. The van der Waals surface area contributed by atoms with Gasteiger partial charge in [0.05, 0.1) is 0 Å². The highest BCUT2D eigenvalue weighted by Gasteiger charge is 2.05. The molecule has 0 saturated heterocycles. The molecule has 0 fully saturated rings. The lowest BCUT2D eigenvalue weighted by atomic mass is 10.1. The van der Waals surface area contributed by atoms with Crippen LogP contribution in [0, 0.1) is 11.8 Å². The van der Waals surface area contributed by atoms with E-state index in [0.29, 0.717) is 5.71 Å². The molecule has 0 aromatic heterocycles. The molecule has 0 bridgehead atoms. The number of hydrogen-bond donors (Lipinski definition) is 1. The Morgan fingerprint density at radius 3 is 2.00 bits per heavy atom. The number of hydrogen-bond acceptors (Lipinski definition) is 2. The van der Waals surface area contributed by atoms with E-state index >= 15 is 0 Å². The summed E-state index contributed by atoms with van der Waals surface area (Å²) in [7, 11) is 0. The van der Waals surface area contributed by atoms with Gasteiger partial charge in [-0.2, -0.15) is 0 Å². The molecule has 2 nitrogen and oxygen atoms in total. The van der Waals surface area contributed by atoms with Gasteiger partial charge in [-0.15, -0.1) is 0 Å². The van der Waals surface area contributed by atoms with Crippen LogP contribution in [-0.2, 0) is 0 Å². The van der Waals surface area contributed by atoms with Gasteiger partial charge in [0, 0.05) is 6.20 Å². The van der Waals surface area contributed by atoms with Crippen molar-refractivity contribution in [1.82, 2.24) is 0 Å². The zero-order valence-electron chi connectivity index (χ0n) is 12.3. The summed E-state index contributed by atoms with van der Waals surface area (Å²) in [6, 6.07) is 0. The zero-order valence-corrected chi connectivity index (χ0v) is 12.3. The summed E-state index contributed by atoms with van der Waals surface area (Å²) in [5.74, 6) is 5.38. The molecule has 0 aliphatic rings. The predicted octanol–water partition coefficient (Wildman–Crippen LogP) is 3.97. The highest BCUT2D eigenvalue weighted by atomic mass is 16.3. The number of allylic oxidation sites excluding steroid dienone is 2. The van der Waals surface area contributed by atoms with Gasteiger partial charge in [-0.05, 0) is 32.8 Å². The molecule has 0 atom stereocenters. The van der Waals surface area contributed by atoms with Crippen LogP contribution in [0.1, 0.15) is 48.5 Å². The van der Waals surface area contributed by atoms with E-state index in [4.69, 9.17) is 0 Å². The maximum atomic E-state index is 9.31. The van der Waals surface area contributed by atoms with Crippen molar-refractivity contribution in [1.29, 1.82) is 0 Å². The Labute approximate surface area is 107 Å². The molecule has 0 rings (SSSR count). The van der Waals surface area contributed by atoms with E-state index in [0.717, 1.165) is 0 Å². The van der Waals surface area contributed by atoms with E-state index in [9.17, 15) is 5.11 Å². The van der Waals surface area contributed by atoms with Gasteiger partial charge in [0.2, 0.25) is 0 Å². The van der Waals surface area contributed by atoms with Crippen molar-refractivity contribution < 1.29 is 5.11 Å². The van der Waals surface area contributed by atoms with Crippen molar-refractivity contribution in [2.24, 2.45) is 4.99 Å². The second-order valence-electron chi connectivity index (χ2n) is 3.01. The molecule has 0 unspecified atom stereocenters. The first kappa shape index (κ1) is 21.0. The largest absolute Gasteiger partial charge is 0.378 e. The van der Waals surface area contributed by atoms with Gasteiger partial charge < -0.3 is 5.11 Å². The number of nitrogens with zero attached hydrogens (tertiary/aromatic N) is 1. The van der Waals surface area contributed by atoms with Crippen LogP contribution in [0.4, 0.5) is 0 Å². The Bertz CT molecular complexity index is 282. The van der Waals surface area contributed by atoms with Crippen LogP contribution in [0.2, 0.25) is 0 Å². The third-order valence-corrected chi connectivity index (χ3v) is 1.05. The Morgan fingerprint density at radius 2 is 1.71 bits per heavy atom. The Hall–Kier alpha value is -1.33. The average Bonchev–Trinajstić information content (AvgIpc) is 2.33. The molecule has 0 saturated carbocycles. The first-order valence-corrected chi connectivity index (χ1v) is 6.06. The summed E-state index contributed by atoms with van der Waals surface area (Å²) >= 11 is 0. The summed E-state index contributed by atoms with van der Waals surface area (Å²) in [4.78, 5) is 4.00. The van der Waals surface area contributed by atoms with Gasteiger partial charge >= 0.3 is 0 Å².